The van der Waals surface area contributed by atoms with Gasteiger partial charge in [0.15, 0.2) is 0 Å². The molecule has 0 spiro atoms. The summed E-state index contributed by atoms with van der Waals surface area (Å²) in [7, 11) is 0. The molecule has 0 saturated carbocycles. The number of pyridine rings is 1. The molecule has 0 N–H and O–H groups in total. The predicted octanol–water partition coefficient (Wildman–Crippen LogP) is -2.10. The van der Waals surface area contributed by atoms with Gasteiger partial charge in [0.25, 0.3) is 0 Å². The molecule has 3 nitrogen and oxygen atoms in total. The monoisotopic (exact) mass is 265 g/mol. The number of aromatic nitrogens is 1. The van der Waals surface area contributed by atoms with Crippen LogP contribution >= 0.6 is 0 Å². The second-order valence-corrected chi connectivity index (χ2v) is 2.85. The predicted molar refractivity (Wildman–Crippen MR) is 55.3 cm³/mol. The van der Waals surface area contributed by atoms with Crippen molar-refractivity contribution in [3.05, 3.63) is 29.7 Å². The minimum atomic E-state index is 0. The van der Waals surface area contributed by atoms with E-state index in [1.165, 1.54) is 0 Å². The van der Waals surface area contributed by atoms with E-state index in [0.29, 0.717) is 0 Å². The molecular formula is C9H12BrMgN3. The fourth-order valence-corrected chi connectivity index (χ4v) is 1.38. The first-order valence-corrected chi connectivity index (χ1v) is 4.26. The third kappa shape index (κ3) is 3.72. The maximum Gasteiger partial charge on any atom is 2.00 e. The number of anilines is 1. The third-order valence-corrected chi connectivity index (χ3v) is 2.03. The second kappa shape index (κ2) is 7.45. The van der Waals surface area contributed by atoms with Crippen molar-refractivity contribution in [2.45, 2.75) is 0 Å². The van der Waals surface area contributed by atoms with Gasteiger partial charge >= 0.3 is 23.1 Å². The van der Waals surface area contributed by atoms with E-state index in [1.54, 1.807) is 0 Å². The van der Waals surface area contributed by atoms with Crippen LogP contribution in [-0.4, -0.2) is 54.2 Å². The van der Waals surface area contributed by atoms with Crippen LogP contribution in [0.15, 0.2) is 24.4 Å². The summed E-state index contributed by atoms with van der Waals surface area (Å²) in [5.74, 6) is 1.08. The van der Waals surface area contributed by atoms with Crippen molar-refractivity contribution < 1.29 is 17.0 Å². The Kier molecular flexibility index (Phi) is 7.53. The maximum atomic E-state index is 4.29. The van der Waals surface area contributed by atoms with Crippen molar-refractivity contribution in [2.75, 3.05) is 31.1 Å². The Bertz CT molecular complexity index is 239. The summed E-state index contributed by atoms with van der Waals surface area (Å²) in [6.45, 7) is 3.90. The topological polar surface area (TPSA) is 30.2 Å². The summed E-state index contributed by atoms with van der Waals surface area (Å²) in [5, 5.41) is 4.28. The Morgan fingerprint density at radius 3 is 2.50 bits per heavy atom. The van der Waals surface area contributed by atoms with Crippen molar-refractivity contribution in [1.29, 1.82) is 0 Å². The van der Waals surface area contributed by atoms with E-state index in [1.807, 2.05) is 24.4 Å². The first-order chi connectivity index (χ1) is 5.97. The van der Waals surface area contributed by atoms with Gasteiger partial charge in [0.05, 0.1) is 0 Å². The van der Waals surface area contributed by atoms with Crippen LogP contribution in [-0.2, 0) is 0 Å². The number of piperazine rings is 1. The molecule has 0 amide bonds. The molecule has 0 unspecified atom stereocenters. The molecule has 0 aliphatic carbocycles. The number of nitrogens with zero attached hydrogens (tertiary/aromatic N) is 3. The summed E-state index contributed by atoms with van der Waals surface area (Å²) in [5.41, 5.74) is 0. The average Bonchev–Trinajstić information content (AvgIpc) is 2.21. The van der Waals surface area contributed by atoms with Gasteiger partial charge in [-0.05, 0) is 12.1 Å². The first-order valence-electron chi connectivity index (χ1n) is 4.26. The zero-order valence-corrected chi connectivity index (χ0v) is 11.1. The number of rotatable bonds is 1. The van der Waals surface area contributed by atoms with E-state index in [2.05, 4.69) is 15.2 Å². The molecule has 1 saturated heterocycles. The molecule has 0 bridgehead atoms. The maximum absolute atomic E-state index is 4.29. The zero-order valence-electron chi connectivity index (χ0n) is 8.06. The Hall–Kier alpha value is 0.156. The molecule has 0 radical (unpaired) electrons. The quantitative estimate of drug-likeness (QED) is 0.545. The van der Waals surface area contributed by atoms with Crippen molar-refractivity contribution in [3.63, 3.8) is 0 Å². The molecule has 1 aromatic heterocycles. The molecule has 5 heteroatoms. The second-order valence-electron chi connectivity index (χ2n) is 2.85. The SMILES string of the molecule is [Br-].[Mg+2].c1ccc(N2CC[N-]CC2)nc1. The van der Waals surface area contributed by atoms with Gasteiger partial charge in [-0.25, -0.2) is 4.98 Å². The van der Waals surface area contributed by atoms with Gasteiger partial charge < -0.3 is 27.2 Å². The minimum absolute atomic E-state index is 0. The number of hydrogen-bond acceptors (Lipinski definition) is 2. The molecule has 2 rings (SSSR count). The summed E-state index contributed by atoms with van der Waals surface area (Å²) in [4.78, 5) is 6.56. The molecule has 1 aliphatic rings. The van der Waals surface area contributed by atoms with Crippen LogP contribution in [0.4, 0.5) is 5.82 Å². The van der Waals surface area contributed by atoms with Crippen molar-refractivity contribution in [3.8, 4) is 0 Å². The summed E-state index contributed by atoms with van der Waals surface area (Å²) in [6.07, 6.45) is 1.83. The van der Waals surface area contributed by atoms with Crippen molar-refractivity contribution in [1.82, 2.24) is 4.98 Å². The third-order valence-electron chi connectivity index (χ3n) is 2.03. The summed E-state index contributed by atoms with van der Waals surface area (Å²) in [6, 6.07) is 6.01. The molecule has 1 fully saturated rings. The Morgan fingerprint density at radius 2 is 1.93 bits per heavy atom. The average molecular weight is 266 g/mol. The van der Waals surface area contributed by atoms with Gasteiger partial charge in [0, 0.05) is 19.3 Å². The van der Waals surface area contributed by atoms with E-state index in [-0.39, 0.29) is 40.0 Å². The molecule has 0 aromatic carbocycles. The summed E-state index contributed by atoms with van der Waals surface area (Å²) < 4.78 is 0. The smallest absolute Gasteiger partial charge is 1.00 e. The molecule has 72 valence electrons. The molecule has 14 heavy (non-hydrogen) atoms. The largest absolute Gasteiger partial charge is 2.00 e. The van der Waals surface area contributed by atoms with E-state index in [9.17, 15) is 0 Å². The van der Waals surface area contributed by atoms with Gasteiger partial charge in [0.2, 0.25) is 0 Å². The standard InChI is InChI=1S/C9H12N3.BrH.Mg/c1-2-4-11-9(3-1)12-7-5-10-6-8-12;;/h1-4H,5-8H2;1H;/q-1;;+2/p-1. The van der Waals surface area contributed by atoms with Crippen LogP contribution in [0.3, 0.4) is 0 Å². The van der Waals surface area contributed by atoms with Gasteiger partial charge in [-0.3, -0.25) is 0 Å². The van der Waals surface area contributed by atoms with Crippen LogP contribution < -0.4 is 21.9 Å². The molecule has 2 heterocycles. The Labute approximate surface area is 111 Å². The van der Waals surface area contributed by atoms with Crippen LogP contribution in [0.5, 0.6) is 0 Å². The van der Waals surface area contributed by atoms with Crippen LogP contribution in [0.25, 0.3) is 5.32 Å². The van der Waals surface area contributed by atoms with Crippen molar-refractivity contribution in [2.24, 2.45) is 0 Å². The fraction of sp³-hybridized carbons (Fsp3) is 0.444. The number of hydrogen-bond donors (Lipinski definition) is 0. The Morgan fingerprint density at radius 1 is 1.21 bits per heavy atom. The van der Waals surface area contributed by atoms with Crippen LogP contribution in [0, 0.1) is 0 Å². The van der Waals surface area contributed by atoms with Gasteiger partial charge in [-0.2, -0.15) is 0 Å². The number of halogens is 1. The van der Waals surface area contributed by atoms with Crippen LogP contribution in [0.1, 0.15) is 0 Å². The van der Waals surface area contributed by atoms with Crippen molar-refractivity contribution >= 4 is 28.9 Å². The van der Waals surface area contributed by atoms with Gasteiger partial charge in [0.1, 0.15) is 5.82 Å². The van der Waals surface area contributed by atoms with Gasteiger partial charge in [-0.15, -0.1) is 13.1 Å². The van der Waals surface area contributed by atoms with Crippen LogP contribution in [0.2, 0.25) is 0 Å². The van der Waals surface area contributed by atoms with E-state index < -0.39 is 0 Å². The zero-order chi connectivity index (χ0) is 8.23. The summed E-state index contributed by atoms with van der Waals surface area (Å²) >= 11 is 0. The fourth-order valence-electron chi connectivity index (χ4n) is 1.38. The molecular weight excluding hydrogens is 254 g/mol. The molecule has 1 aromatic rings. The molecule has 0 atom stereocenters. The van der Waals surface area contributed by atoms with Gasteiger partial charge in [-0.1, -0.05) is 6.07 Å². The van der Waals surface area contributed by atoms with E-state index in [0.717, 1.165) is 32.0 Å². The molecule has 1 aliphatic heterocycles. The normalized spacial score (nSPS) is 15.3. The first kappa shape index (κ1) is 14.2. The van der Waals surface area contributed by atoms with E-state index in [4.69, 9.17) is 0 Å². The minimum Gasteiger partial charge on any atom is -1.00 e. The Balaban J connectivity index is 0.000000845. The van der Waals surface area contributed by atoms with E-state index >= 15 is 0 Å².